The lowest BCUT2D eigenvalue weighted by molar-refractivity contribution is 0.323. The zero-order chi connectivity index (χ0) is 16.8. The number of benzene rings is 2. The smallest absolute Gasteiger partial charge is 0.203 e. The van der Waals surface area contributed by atoms with Gasteiger partial charge in [0.15, 0.2) is 11.5 Å². The Kier molecular flexibility index (Phi) is 6.30. The molecule has 0 amide bonds. The van der Waals surface area contributed by atoms with Crippen molar-refractivity contribution in [2.24, 2.45) is 0 Å². The summed E-state index contributed by atoms with van der Waals surface area (Å²) in [6.07, 6.45) is 0. The Balaban J connectivity index is 2.12. The molecule has 2 aromatic rings. The average Bonchev–Trinajstić information content (AvgIpc) is 2.59. The summed E-state index contributed by atoms with van der Waals surface area (Å²) in [6, 6.07) is 12.5. The highest BCUT2D eigenvalue weighted by Crippen LogP contribution is 2.38. The first kappa shape index (κ1) is 17.6. The molecular weight excluding hydrogens is 358 g/mol. The third kappa shape index (κ3) is 4.39. The maximum absolute atomic E-state index is 5.39. The second kappa shape index (κ2) is 8.22. The van der Waals surface area contributed by atoms with Gasteiger partial charge in [-0.25, -0.2) is 0 Å². The highest BCUT2D eigenvalue weighted by Gasteiger charge is 2.13. The van der Waals surface area contributed by atoms with E-state index in [1.54, 1.807) is 21.3 Å². The molecular formula is C18H22BrNO3. The summed E-state index contributed by atoms with van der Waals surface area (Å²) in [4.78, 5) is 0. The van der Waals surface area contributed by atoms with Crippen LogP contribution in [0.1, 0.15) is 24.1 Å². The van der Waals surface area contributed by atoms with Gasteiger partial charge in [-0.1, -0.05) is 28.1 Å². The summed E-state index contributed by atoms with van der Waals surface area (Å²) in [6.45, 7) is 2.84. The van der Waals surface area contributed by atoms with Crippen molar-refractivity contribution in [1.29, 1.82) is 0 Å². The minimum Gasteiger partial charge on any atom is -0.493 e. The summed E-state index contributed by atoms with van der Waals surface area (Å²) < 4.78 is 17.2. The molecule has 0 saturated carbocycles. The Labute approximate surface area is 145 Å². The van der Waals surface area contributed by atoms with Crippen molar-refractivity contribution in [1.82, 2.24) is 5.32 Å². The van der Waals surface area contributed by atoms with Gasteiger partial charge in [-0.2, -0.15) is 0 Å². The monoisotopic (exact) mass is 379 g/mol. The lowest BCUT2D eigenvalue weighted by Crippen LogP contribution is -2.18. The fourth-order valence-electron chi connectivity index (χ4n) is 2.38. The van der Waals surface area contributed by atoms with Crippen LogP contribution in [0, 0.1) is 0 Å². The van der Waals surface area contributed by atoms with E-state index in [1.165, 1.54) is 5.56 Å². The molecule has 0 saturated heterocycles. The van der Waals surface area contributed by atoms with E-state index >= 15 is 0 Å². The third-order valence-corrected chi connectivity index (χ3v) is 4.24. The minimum atomic E-state index is 0.238. The zero-order valence-electron chi connectivity index (χ0n) is 13.9. The minimum absolute atomic E-state index is 0.238. The summed E-state index contributed by atoms with van der Waals surface area (Å²) >= 11 is 3.46. The van der Waals surface area contributed by atoms with E-state index in [9.17, 15) is 0 Å². The predicted molar refractivity (Wildman–Crippen MR) is 95.5 cm³/mol. The third-order valence-electron chi connectivity index (χ3n) is 3.71. The van der Waals surface area contributed by atoms with Crippen molar-refractivity contribution in [3.05, 3.63) is 52.0 Å². The highest BCUT2D eigenvalue weighted by atomic mass is 79.9. The maximum Gasteiger partial charge on any atom is 0.203 e. The van der Waals surface area contributed by atoms with Gasteiger partial charge >= 0.3 is 0 Å². The molecule has 124 valence electrons. The molecule has 0 aliphatic carbocycles. The van der Waals surface area contributed by atoms with Crippen molar-refractivity contribution >= 4 is 15.9 Å². The van der Waals surface area contributed by atoms with Crippen LogP contribution in [0.3, 0.4) is 0 Å². The highest BCUT2D eigenvalue weighted by molar-refractivity contribution is 9.10. The van der Waals surface area contributed by atoms with Gasteiger partial charge in [0, 0.05) is 17.1 Å². The molecule has 0 heterocycles. The Morgan fingerprint density at radius 1 is 0.957 bits per heavy atom. The van der Waals surface area contributed by atoms with Crippen molar-refractivity contribution in [3.63, 3.8) is 0 Å². The Hall–Kier alpha value is -1.72. The number of methoxy groups -OCH3 is 3. The lowest BCUT2D eigenvalue weighted by atomic mass is 10.1. The Morgan fingerprint density at radius 3 is 2.00 bits per heavy atom. The first-order valence-corrected chi connectivity index (χ1v) is 8.16. The van der Waals surface area contributed by atoms with Crippen LogP contribution in [0.2, 0.25) is 0 Å². The molecule has 5 heteroatoms. The predicted octanol–water partition coefficient (Wildman–Crippen LogP) is 4.33. The van der Waals surface area contributed by atoms with Crippen molar-refractivity contribution in [2.75, 3.05) is 21.3 Å². The standard InChI is InChI=1S/C18H22BrNO3/c1-12(14-5-7-15(19)8-6-14)20-11-13-9-16(21-2)18(23-4)17(10-13)22-3/h5-10,12,20H,11H2,1-4H3/t12-/m0/s1. The van der Waals surface area contributed by atoms with Gasteiger partial charge in [0.05, 0.1) is 21.3 Å². The van der Waals surface area contributed by atoms with Crippen molar-refractivity contribution < 1.29 is 14.2 Å². The fourth-order valence-corrected chi connectivity index (χ4v) is 2.64. The molecule has 1 atom stereocenters. The number of halogens is 1. The number of hydrogen-bond donors (Lipinski definition) is 1. The largest absolute Gasteiger partial charge is 0.493 e. The second-order valence-corrected chi connectivity index (χ2v) is 6.10. The van der Waals surface area contributed by atoms with E-state index in [1.807, 2.05) is 24.3 Å². The molecule has 4 nitrogen and oxygen atoms in total. The van der Waals surface area contributed by atoms with Crippen LogP contribution in [-0.2, 0) is 6.54 Å². The first-order valence-electron chi connectivity index (χ1n) is 7.36. The van der Waals surface area contributed by atoms with E-state index in [0.29, 0.717) is 23.8 Å². The number of rotatable bonds is 7. The first-order chi connectivity index (χ1) is 11.1. The van der Waals surface area contributed by atoms with Gasteiger partial charge in [0.25, 0.3) is 0 Å². The molecule has 0 radical (unpaired) electrons. The average molecular weight is 380 g/mol. The quantitative estimate of drug-likeness (QED) is 0.777. The van der Waals surface area contributed by atoms with Gasteiger partial charge in [0.1, 0.15) is 0 Å². The molecule has 0 fully saturated rings. The topological polar surface area (TPSA) is 39.7 Å². The molecule has 23 heavy (non-hydrogen) atoms. The molecule has 0 bridgehead atoms. The summed E-state index contributed by atoms with van der Waals surface area (Å²) in [5.74, 6) is 1.94. The molecule has 2 aromatic carbocycles. The number of nitrogens with one attached hydrogen (secondary N) is 1. The number of hydrogen-bond acceptors (Lipinski definition) is 4. The van der Waals surface area contributed by atoms with Crippen molar-refractivity contribution in [3.8, 4) is 17.2 Å². The van der Waals surface area contributed by atoms with Gasteiger partial charge in [-0.15, -0.1) is 0 Å². The van der Waals surface area contributed by atoms with Crippen LogP contribution in [0.25, 0.3) is 0 Å². The molecule has 0 spiro atoms. The molecule has 0 aliphatic rings. The van der Waals surface area contributed by atoms with Crippen LogP contribution in [-0.4, -0.2) is 21.3 Å². The van der Waals surface area contributed by atoms with Crippen LogP contribution in [0.5, 0.6) is 17.2 Å². The lowest BCUT2D eigenvalue weighted by Gasteiger charge is -2.17. The zero-order valence-corrected chi connectivity index (χ0v) is 15.4. The molecule has 0 aromatic heterocycles. The summed E-state index contributed by atoms with van der Waals surface area (Å²) in [7, 11) is 4.85. The normalized spacial score (nSPS) is 11.9. The SMILES string of the molecule is COc1cc(CN[C@@H](C)c2ccc(Br)cc2)cc(OC)c1OC. The van der Waals surface area contributed by atoms with Gasteiger partial charge < -0.3 is 19.5 Å². The summed E-state index contributed by atoms with van der Waals surface area (Å²) in [5.41, 5.74) is 2.31. The molecule has 1 N–H and O–H groups in total. The fraction of sp³-hybridized carbons (Fsp3) is 0.333. The van der Waals surface area contributed by atoms with Crippen LogP contribution >= 0.6 is 15.9 Å². The van der Waals surface area contributed by atoms with Gasteiger partial charge in [0.2, 0.25) is 5.75 Å². The van der Waals surface area contributed by atoms with E-state index in [0.717, 1.165) is 10.0 Å². The Bertz CT molecular complexity index is 618. The van der Waals surface area contributed by atoms with Crippen molar-refractivity contribution in [2.45, 2.75) is 19.5 Å². The van der Waals surface area contributed by atoms with E-state index in [-0.39, 0.29) is 6.04 Å². The number of ether oxygens (including phenoxy) is 3. The molecule has 2 rings (SSSR count). The Morgan fingerprint density at radius 2 is 1.52 bits per heavy atom. The summed E-state index contributed by atoms with van der Waals surface area (Å²) in [5, 5.41) is 3.51. The van der Waals surface area contributed by atoms with E-state index in [4.69, 9.17) is 14.2 Å². The molecule has 0 unspecified atom stereocenters. The van der Waals surface area contributed by atoms with Crippen LogP contribution in [0.4, 0.5) is 0 Å². The van der Waals surface area contributed by atoms with Crippen LogP contribution < -0.4 is 19.5 Å². The van der Waals surface area contributed by atoms with Gasteiger partial charge in [-0.3, -0.25) is 0 Å². The maximum atomic E-state index is 5.39. The van der Waals surface area contributed by atoms with Crippen LogP contribution in [0.15, 0.2) is 40.9 Å². The van der Waals surface area contributed by atoms with Gasteiger partial charge in [-0.05, 0) is 42.3 Å². The second-order valence-electron chi connectivity index (χ2n) is 5.19. The van der Waals surface area contributed by atoms with E-state index < -0.39 is 0 Å². The molecule has 0 aliphatic heterocycles. The van der Waals surface area contributed by atoms with E-state index in [2.05, 4.69) is 40.3 Å².